The molecule has 1 aliphatic rings. The lowest BCUT2D eigenvalue weighted by molar-refractivity contribution is 0.0730. The number of carbonyl (C=O) groups is 1. The van der Waals surface area contributed by atoms with E-state index in [1.165, 1.54) is 22.5 Å². The molecule has 1 aromatic carbocycles. The minimum absolute atomic E-state index is 0.0682. The Morgan fingerprint density at radius 3 is 2.68 bits per heavy atom. The predicted octanol–water partition coefficient (Wildman–Crippen LogP) is 1.64. The second-order valence-electron chi connectivity index (χ2n) is 5.55. The maximum atomic E-state index is 12.8. The highest BCUT2D eigenvalue weighted by atomic mass is 35.5. The smallest absolute Gasteiger partial charge is 0.256 e. The molecular formula is C15H17ClN4O4S. The van der Waals surface area contributed by atoms with Crippen molar-refractivity contribution < 1.29 is 17.9 Å². The van der Waals surface area contributed by atoms with E-state index in [9.17, 15) is 13.2 Å². The number of hydrogen-bond donors (Lipinski definition) is 2. The van der Waals surface area contributed by atoms with E-state index in [1.54, 1.807) is 13.0 Å². The molecular weight excluding hydrogens is 368 g/mol. The molecule has 0 bridgehead atoms. The molecule has 25 heavy (non-hydrogen) atoms. The van der Waals surface area contributed by atoms with E-state index < -0.39 is 15.9 Å². The molecule has 1 fully saturated rings. The van der Waals surface area contributed by atoms with Gasteiger partial charge in [-0.2, -0.15) is 9.40 Å². The number of amides is 1. The highest BCUT2D eigenvalue weighted by Crippen LogP contribution is 2.26. The number of rotatable bonds is 4. The van der Waals surface area contributed by atoms with Crippen molar-refractivity contribution >= 4 is 33.3 Å². The molecule has 2 aromatic rings. The van der Waals surface area contributed by atoms with Crippen molar-refractivity contribution in [3.63, 3.8) is 0 Å². The van der Waals surface area contributed by atoms with Gasteiger partial charge in [-0.15, -0.1) is 0 Å². The number of benzene rings is 1. The summed E-state index contributed by atoms with van der Waals surface area (Å²) in [5, 5.41) is 9.31. The average Bonchev–Trinajstić information content (AvgIpc) is 3.00. The summed E-state index contributed by atoms with van der Waals surface area (Å²) in [6, 6.07) is 5.82. The Bertz CT molecular complexity index is 891. The number of hydrogen-bond acceptors (Lipinski definition) is 5. The van der Waals surface area contributed by atoms with Gasteiger partial charge in [-0.25, -0.2) is 8.42 Å². The van der Waals surface area contributed by atoms with Crippen LogP contribution in [0.1, 0.15) is 16.1 Å². The standard InChI is InChI=1S/C15H17ClN4O4S/c1-10-8-14(19-18-10)17-15(21)11-2-3-12(16)13(9-11)25(22,23)20-4-6-24-7-5-20/h2-3,8-9H,4-7H2,1H3,(H2,17,18,19,21). The zero-order valence-corrected chi connectivity index (χ0v) is 15.0. The van der Waals surface area contributed by atoms with E-state index in [4.69, 9.17) is 16.3 Å². The zero-order valence-electron chi connectivity index (χ0n) is 13.5. The number of H-pyrrole nitrogens is 1. The van der Waals surface area contributed by atoms with Crippen molar-refractivity contribution in [3.8, 4) is 0 Å². The van der Waals surface area contributed by atoms with E-state index in [0.29, 0.717) is 19.0 Å². The van der Waals surface area contributed by atoms with E-state index in [-0.39, 0.29) is 28.6 Å². The van der Waals surface area contributed by atoms with Crippen molar-refractivity contribution in [1.29, 1.82) is 0 Å². The summed E-state index contributed by atoms with van der Waals surface area (Å²) in [6.45, 7) is 2.96. The summed E-state index contributed by atoms with van der Waals surface area (Å²) in [5.41, 5.74) is 0.971. The van der Waals surface area contributed by atoms with Crippen LogP contribution in [-0.2, 0) is 14.8 Å². The first kappa shape index (κ1) is 17.9. The van der Waals surface area contributed by atoms with Gasteiger partial charge in [-0.05, 0) is 25.1 Å². The molecule has 1 saturated heterocycles. The highest BCUT2D eigenvalue weighted by Gasteiger charge is 2.29. The summed E-state index contributed by atoms with van der Waals surface area (Å²) in [6.07, 6.45) is 0. The first-order valence-electron chi connectivity index (χ1n) is 7.59. The third kappa shape index (κ3) is 3.84. The molecule has 1 amide bonds. The fourth-order valence-electron chi connectivity index (χ4n) is 2.44. The molecule has 1 aliphatic heterocycles. The quantitative estimate of drug-likeness (QED) is 0.833. The summed E-state index contributed by atoms with van der Waals surface area (Å²) in [7, 11) is -3.80. The normalized spacial score (nSPS) is 15.9. The van der Waals surface area contributed by atoms with Crippen LogP contribution in [0.3, 0.4) is 0 Å². The molecule has 0 aliphatic carbocycles. The van der Waals surface area contributed by atoms with Crippen molar-refractivity contribution in [1.82, 2.24) is 14.5 Å². The zero-order chi connectivity index (χ0) is 18.0. The first-order valence-corrected chi connectivity index (χ1v) is 9.40. The van der Waals surface area contributed by atoms with Gasteiger partial charge in [0.2, 0.25) is 10.0 Å². The minimum Gasteiger partial charge on any atom is -0.379 e. The third-order valence-electron chi connectivity index (χ3n) is 3.73. The largest absolute Gasteiger partial charge is 0.379 e. The van der Waals surface area contributed by atoms with Gasteiger partial charge in [-0.1, -0.05) is 11.6 Å². The highest BCUT2D eigenvalue weighted by molar-refractivity contribution is 7.89. The maximum Gasteiger partial charge on any atom is 0.256 e. The number of aromatic amines is 1. The minimum atomic E-state index is -3.80. The number of halogens is 1. The topological polar surface area (TPSA) is 104 Å². The molecule has 0 radical (unpaired) electrons. The second-order valence-corrected chi connectivity index (χ2v) is 7.87. The summed E-state index contributed by atoms with van der Waals surface area (Å²) in [5.74, 6) is -0.114. The molecule has 0 atom stereocenters. The number of ether oxygens (including phenoxy) is 1. The summed E-state index contributed by atoms with van der Waals surface area (Å²) < 4.78 is 32.0. The van der Waals surface area contributed by atoms with Crippen LogP contribution < -0.4 is 5.32 Å². The Morgan fingerprint density at radius 1 is 1.32 bits per heavy atom. The van der Waals surface area contributed by atoms with Crippen molar-refractivity contribution in [2.75, 3.05) is 31.6 Å². The number of sulfonamides is 1. The van der Waals surface area contributed by atoms with Crippen molar-refractivity contribution in [3.05, 3.63) is 40.5 Å². The van der Waals surface area contributed by atoms with E-state index in [0.717, 1.165) is 5.69 Å². The Hall–Kier alpha value is -1.94. The third-order valence-corrected chi connectivity index (χ3v) is 6.11. The molecule has 8 nitrogen and oxygen atoms in total. The van der Waals surface area contributed by atoms with Crippen LogP contribution in [0.25, 0.3) is 0 Å². The number of nitrogens with zero attached hydrogens (tertiary/aromatic N) is 2. The first-order chi connectivity index (χ1) is 11.9. The van der Waals surface area contributed by atoms with Crippen LogP contribution in [0, 0.1) is 6.92 Å². The number of aryl methyl sites for hydroxylation is 1. The molecule has 0 spiro atoms. The molecule has 1 aromatic heterocycles. The fraction of sp³-hybridized carbons (Fsp3) is 0.333. The van der Waals surface area contributed by atoms with Gasteiger partial charge in [0.1, 0.15) is 4.90 Å². The van der Waals surface area contributed by atoms with Crippen LogP contribution in [-0.4, -0.2) is 55.1 Å². The Balaban J connectivity index is 1.88. The monoisotopic (exact) mass is 384 g/mol. The molecule has 2 heterocycles. The van der Waals surface area contributed by atoms with Crippen LogP contribution in [0.4, 0.5) is 5.82 Å². The van der Waals surface area contributed by atoms with Crippen LogP contribution in [0.2, 0.25) is 5.02 Å². The van der Waals surface area contributed by atoms with E-state index in [2.05, 4.69) is 15.5 Å². The van der Waals surface area contributed by atoms with Gasteiger partial charge in [0, 0.05) is 30.4 Å². The van der Waals surface area contributed by atoms with Crippen LogP contribution in [0.5, 0.6) is 0 Å². The fourth-order valence-corrected chi connectivity index (χ4v) is 4.35. The lowest BCUT2D eigenvalue weighted by atomic mass is 10.2. The number of aromatic nitrogens is 2. The van der Waals surface area contributed by atoms with Gasteiger partial charge >= 0.3 is 0 Å². The summed E-state index contributed by atoms with van der Waals surface area (Å²) in [4.78, 5) is 12.3. The molecule has 134 valence electrons. The van der Waals surface area contributed by atoms with Gasteiger partial charge < -0.3 is 10.1 Å². The SMILES string of the molecule is Cc1cc(NC(=O)c2ccc(Cl)c(S(=O)(=O)N3CCOCC3)c2)n[nH]1. The predicted molar refractivity (Wildman–Crippen MR) is 92.3 cm³/mol. The second kappa shape index (κ2) is 7.12. The van der Waals surface area contributed by atoms with Crippen LogP contribution >= 0.6 is 11.6 Å². The van der Waals surface area contributed by atoms with Crippen molar-refractivity contribution in [2.45, 2.75) is 11.8 Å². The van der Waals surface area contributed by atoms with Crippen molar-refractivity contribution in [2.24, 2.45) is 0 Å². The summed E-state index contributed by atoms with van der Waals surface area (Å²) >= 11 is 6.08. The Kier molecular flexibility index (Phi) is 5.09. The number of nitrogens with one attached hydrogen (secondary N) is 2. The number of carbonyl (C=O) groups excluding carboxylic acids is 1. The number of anilines is 1. The Morgan fingerprint density at radius 2 is 2.04 bits per heavy atom. The molecule has 0 saturated carbocycles. The van der Waals surface area contributed by atoms with E-state index >= 15 is 0 Å². The lowest BCUT2D eigenvalue weighted by Gasteiger charge is -2.26. The Labute approximate surface area is 150 Å². The lowest BCUT2D eigenvalue weighted by Crippen LogP contribution is -2.40. The van der Waals surface area contributed by atoms with Gasteiger partial charge in [0.15, 0.2) is 5.82 Å². The van der Waals surface area contributed by atoms with Gasteiger partial charge in [0.25, 0.3) is 5.91 Å². The van der Waals surface area contributed by atoms with Gasteiger partial charge in [0.05, 0.1) is 18.2 Å². The van der Waals surface area contributed by atoms with Crippen LogP contribution in [0.15, 0.2) is 29.2 Å². The molecule has 3 rings (SSSR count). The maximum absolute atomic E-state index is 12.8. The van der Waals surface area contributed by atoms with E-state index in [1.807, 2.05) is 0 Å². The number of morpholine rings is 1. The molecule has 0 unspecified atom stereocenters. The van der Waals surface area contributed by atoms with Gasteiger partial charge in [-0.3, -0.25) is 9.89 Å². The molecule has 2 N–H and O–H groups in total. The average molecular weight is 385 g/mol. The molecule has 10 heteroatoms.